The van der Waals surface area contributed by atoms with Crippen LogP contribution in [-0.4, -0.2) is 60.2 Å². The fraction of sp³-hybridized carbons (Fsp3) is 0.429. The third-order valence-electron chi connectivity index (χ3n) is 6.29. The molecule has 0 spiro atoms. The summed E-state index contributed by atoms with van der Waals surface area (Å²) in [6.07, 6.45) is 1.75. The van der Waals surface area contributed by atoms with Crippen molar-refractivity contribution < 1.29 is 23.6 Å². The molecule has 156 valence electrons. The number of ether oxygens (including phenoxy) is 1. The number of piperidine rings is 1. The number of likely N-dealkylation sites (tertiary alicyclic amines) is 1. The molecule has 1 aliphatic carbocycles. The Labute approximate surface area is 172 Å². The second-order valence-corrected chi connectivity index (χ2v) is 8.22. The predicted molar refractivity (Wildman–Crippen MR) is 105 cm³/mol. The third-order valence-corrected chi connectivity index (χ3v) is 6.29. The molecule has 3 heterocycles. The molecule has 9 heteroatoms. The Hall–Kier alpha value is -3.36. The van der Waals surface area contributed by atoms with Gasteiger partial charge in [0.25, 0.3) is 5.91 Å². The monoisotopic (exact) mass is 410 g/mol. The number of benzene rings is 1. The van der Waals surface area contributed by atoms with E-state index in [0.717, 1.165) is 12.1 Å². The molecular formula is C21H22N4O5. The van der Waals surface area contributed by atoms with E-state index >= 15 is 0 Å². The first-order valence-electron chi connectivity index (χ1n) is 9.99. The largest absolute Gasteiger partial charge is 0.442 e. The summed E-state index contributed by atoms with van der Waals surface area (Å²) in [5.41, 5.74) is 1.91. The van der Waals surface area contributed by atoms with Crippen LogP contribution in [0.2, 0.25) is 0 Å². The quantitative estimate of drug-likeness (QED) is 0.802. The lowest BCUT2D eigenvalue weighted by Gasteiger charge is -2.21. The van der Waals surface area contributed by atoms with Crippen molar-refractivity contribution in [3.63, 3.8) is 0 Å². The molecule has 3 atom stereocenters. The number of aromatic nitrogens is 1. The van der Waals surface area contributed by atoms with Crippen molar-refractivity contribution in [3.8, 4) is 0 Å². The lowest BCUT2D eigenvalue weighted by Crippen LogP contribution is -2.33. The highest BCUT2D eigenvalue weighted by molar-refractivity contribution is 5.92. The van der Waals surface area contributed by atoms with Crippen molar-refractivity contribution in [3.05, 3.63) is 47.9 Å². The van der Waals surface area contributed by atoms with E-state index in [1.807, 2.05) is 29.2 Å². The summed E-state index contributed by atoms with van der Waals surface area (Å²) in [4.78, 5) is 39.2. The molecule has 3 unspecified atom stereocenters. The summed E-state index contributed by atoms with van der Waals surface area (Å²) in [6, 6.07) is 9.49. The molecule has 3 fully saturated rings. The van der Waals surface area contributed by atoms with Gasteiger partial charge in [-0.3, -0.25) is 14.5 Å². The molecule has 1 saturated carbocycles. The summed E-state index contributed by atoms with van der Waals surface area (Å²) in [7, 11) is 0. The van der Waals surface area contributed by atoms with Gasteiger partial charge in [0.1, 0.15) is 6.10 Å². The number of rotatable bonds is 5. The minimum absolute atomic E-state index is 0.0202. The Balaban J connectivity index is 1.26. The highest BCUT2D eigenvalue weighted by atomic mass is 16.6. The minimum atomic E-state index is -0.412. The van der Waals surface area contributed by atoms with Crippen molar-refractivity contribution in [1.29, 1.82) is 0 Å². The Kier molecular flexibility index (Phi) is 4.27. The van der Waals surface area contributed by atoms with Gasteiger partial charge in [0.15, 0.2) is 0 Å². The molecule has 2 aromatic rings. The average molecular weight is 410 g/mol. The van der Waals surface area contributed by atoms with E-state index < -0.39 is 6.09 Å². The van der Waals surface area contributed by atoms with Gasteiger partial charge in [-0.1, -0.05) is 17.3 Å². The van der Waals surface area contributed by atoms with Crippen molar-refractivity contribution >= 4 is 23.6 Å². The van der Waals surface area contributed by atoms with E-state index in [1.165, 1.54) is 18.7 Å². The average Bonchev–Trinajstić information content (AvgIpc) is 3.17. The molecule has 9 nitrogen and oxygen atoms in total. The van der Waals surface area contributed by atoms with Crippen LogP contribution in [0.15, 0.2) is 41.1 Å². The lowest BCUT2D eigenvalue weighted by atomic mass is 9.94. The summed E-state index contributed by atoms with van der Waals surface area (Å²) in [6.45, 7) is 3.49. The Morgan fingerprint density at radius 3 is 2.73 bits per heavy atom. The van der Waals surface area contributed by atoms with E-state index in [0.29, 0.717) is 32.1 Å². The van der Waals surface area contributed by atoms with Gasteiger partial charge >= 0.3 is 6.09 Å². The Morgan fingerprint density at radius 2 is 2.03 bits per heavy atom. The zero-order chi connectivity index (χ0) is 20.9. The van der Waals surface area contributed by atoms with Crippen LogP contribution >= 0.6 is 0 Å². The highest BCUT2D eigenvalue weighted by Gasteiger charge is 2.61. The van der Waals surface area contributed by atoms with Gasteiger partial charge in [-0.25, -0.2) is 4.79 Å². The number of nitrogens with zero attached hydrogens (tertiary/aromatic N) is 3. The molecule has 1 aromatic carbocycles. The normalized spacial score (nSPS) is 27.0. The van der Waals surface area contributed by atoms with Crippen molar-refractivity contribution in [2.24, 2.45) is 5.92 Å². The van der Waals surface area contributed by atoms with Crippen LogP contribution in [0.25, 0.3) is 0 Å². The number of hydrogen-bond donors (Lipinski definition) is 1. The van der Waals surface area contributed by atoms with E-state index in [1.54, 1.807) is 11.0 Å². The lowest BCUT2D eigenvalue weighted by molar-refractivity contribution is -0.119. The number of amides is 3. The predicted octanol–water partition coefficient (Wildman–Crippen LogP) is 1.55. The van der Waals surface area contributed by atoms with E-state index in [2.05, 4.69) is 10.5 Å². The van der Waals surface area contributed by atoms with Crippen LogP contribution in [0.4, 0.5) is 10.5 Å². The second kappa shape index (κ2) is 6.86. The van der Waals surface area contributed by atoms with Crippen molar-refractivity contribution in [2.45, 2.75) is 24.9 Å². The molecule has 0 radical (unpaired) electrons. The summed E-state index contributed by atoms with van der Waals surface area (Å²) < 4.78 is 10.3. The molecule has 2 saturated heterocycles. The Morgan fingerprint density at radius 1 is 1.23 bits per heavy atom. The van der Waals surface area contributed by atoms with Gasteiger partial charge in [0, 0.05) is 37.2 Å². The molecule has 3 aliphatic rings. The standard InChI is InChI=1S/C21H22N4O5/c1-13(26)22-9-17-11-25(20(28)29-17)16-4-2-14(3-5-16)21-8-15(21)10-24(12-21)19(27)18-6-7-23-30-18/h2-7,15,17H,8-12H2,1H3,(H,22,26). The van der Waals surface area contributed by atoms with Gasteiger partial charge in [-0.2, -0.15) is 0 Å². The number of fused-ring (bicyclic) bond motifs is 1. The highest BCUT2D eigenvalue weighted by Crippen LogP contribution is 2.59. The number of anilines is 1. The van der Waals surface area contributed by atoms with Crippen LogP contribution in [0.5, 0.6) is 0 Å². The van der Waals surface area contributed by atoms with Gasteiger partial charge in [0.2, 0.25) is 11.7 Å². The minimum Gasteiger partial charge on any atom is -0.442 e. The zero-order valence-corrected chi connectivity index (χ0v) is 16.5. The smallest absolute Gasteiger partial charge is 0.414 e. The fourth-order valence-electron chi connectivity index (χ4n) is 4.64. The van der Waals surface area contributed by atoms with Crippen LogP contribution in [0, 0.1) is 5.92 Å². The molecule has 1 aromatic heterocycles. The number of nitrogens with one attached hydrogen (secondary N) is 1. The molecule has 5 rings (SSSR count). The number of carbonyl (C=O) groups is 3. The molecule has 30 heavy (non-hydrogen) atoms. The third kappa shape index (κ3) is 3.10. The summed E-state index contributed by atoms with van der Waals surface area (Å²) >= 11 is 0. The van der Waals surface area contributed by atoms with Gasteiger partial charge in [-0.05, 0) is 30.0 Å². The second-order valence-electron chi connectivity index (χ2n) is 8.22. The van der Waals surface area contributed by atoms with Crippen LogP contribution < -0.4 is 10.2 Å². The SMILES string of the molecule is CC(=O)NCC1CN(c2ccc(C34CC3CN(C(=O)c3ccno3)C4)cc2)C(=O)O1. The molecule has 3 amide bonds. The summed E-state index contributed by atoms with van der Waals surface area (Å²) in [5.74, 6) is 0.428. The maximum Gasteiger partial charge on any atom is 0.414 e. The first kappa shape index (κ1) is 18.7. The van der Waals surface area contributed by atoms with Crippen molar-refractivity contribution in [1.82, 2.24) is 15.4 Å². The van der Waals surface area contributed by atoms with Crippen molar-refractivity contribution in [2.75, 3.05) is 31.1 Å². The maximum atomic E-state index is 12.5. The Bertz CT molecular complexity index is 989. The van der Waals surface area contributed by atoms with Crippen LogP contribution in [0.1, 0.15) is 29.5 Å². The molecular weight excluding hydrogens is 388 g/mol. The molecule has 2 aliphatic heterocycles. The van der Waals surface area contributed by atoms with E-state index in [4.69, 9.17) is 9.26 Å². The summed E-state index contributed by atoms with van der Waals surface area (Å²) in [5, 5.41) is 6.29. The fourth-order valence-corrected chi connectivity index (χ4v) is 4.64. The number of hydrogen-bond acceptors (Lipinski definition) is 6. The number of cyclic esters (lactones) is 1. The number of carbonyl (C=O) groups excluding carboxylic acids is 3. The topological polar surface area (TPSA) is 105 Å². The van der Waals surface area contributed by atoms with Crippen LogP contribution in [0.3, 0.4) is 0 Å². The first-order chi connectivity index (χ1) is 14.5. The first-order valence-corrected chi connectivity index (χ1v) is 9.99. The van der Waals surface area contributed by atoms with Gasteiger partial charge in [0.05, 0.1) is 19.3 Å². The van der Waals surface area contributed by atoms with Gasteiger partial charge < -0.3 is 19.5 Å². The van der Waals surface area contributed by atoms with Crippen LogP contribution in [-0.2, 0) is 14.9 Å². The zero-order valence-electron chi connectivity index (χ0n) is 16.5. The van der Waals surface area contributed by atoms with E-state index in [-0.39, 0.29) is 29.1 Å². The molecule has 1 N–H and O–H groups in total. The maximum absolute atomic E-state index is 12.5. The van der Waals surface area contributed by atoms with E-state index in [9.17, 15) is 14.4 Å². The molecule has 0 bridgehead atoms. The van der Waals surface area contributed by atoms with Gasteiger partial charge in [-0.15, -0.1) is 0 Å².